The summed E-state index contributed by atoms with van der Waals surface area (Å²) in [6, 6.07) is 9.36. The molecular weight excluding hydrogens is 208 g/mol. The van der Waals surface area contributed by atoms with E-state index in [4.69, 9.17) is 5.73 Å². The first-order chi connectivity index (χ1) is 8.24. The maximum atomic E-state index is 5.90. The lowest BCUT2D eigenvalue weighted by molar-refractivity contribution is 0.211. The summed E-state index contributed by atoms with van der Waals surface area (Å²) in [6.45, 7) is 5.74. The van der Waals surface area contributed by atoms with Gasteiger partial charge >= 0.3 is 0 Å². The first-order valence-corrected chi connectivity index (χ1v) is 6.77. The molecule has 2 heteroatoms. The number of aryl methyl sites for hydroxylation is 2. The topological polar surface area (TPSA) is 29.3 Å². The minimum absolute atomic E-state index is 0.448. The third-order valence-electron chi connectivity index (χ3n) is 3.69. The fourth-order valence-corrected chi connectivity index (χ4v) is 2.44. The molecule has 0 unspecified atom stereocenters. The summed E-state index contributed by atoms with van der Waals surface area (Å²) in [5.74, 6) is 0. The minimum atomic E-state index is 0.448. The predicted octanol–water partition coefficient (Wildman–Crippen LogP) is 2.35. The van der Waals surface area contributed by atoms with Crippen LogP contribution in [-0.4, -0.2) is 30.6 Å². The van der Waals surface area contributed by atoms with Crippen molar-refractivity contribution >= 4 is 0 Å². The molecule has 1 aliphatic rings. The molecule has 0 bridgehead atoms. The molecule has 0 aliphatic carbocycles. The zero-order valence-corrected chi connectivity index (χ0v) is 10.9. The van der Waals surface area contributed by atoms with E-state index in [0.29, 0.717) is 6.04 Å². The molecule has 0 radical (unpaired) electrons. The van der Waals surface area contributed by atoms with Crippen LogP contribution in [0.5, 0.6) is 0 Å². The Morgan fingerprint density at radius 2 is 1.82 bits per heavy atom. The van der Waals surface area contributed by atoms with E-state index >= 15 is 0 Å². The lowest BCUT2D eigenvalue weighted by Crippen LogP contribution is -2.40. The molecule has 0 saturated carbocycles. The fourth-order valence-electron chi connectivity index (χ4n) is 2.44. The van der Waals surface area contributed by atoms with Gasteiger partial charge in [0, 0.05) is 6.04 Å². The average molecular weight is 232 g/mol. The van der Waals surface area contributed by atoms with Crippen molar-refractivity contribution in [1.29, 1.82) is 0 Å². The standard InChI is InChI=1S/C15H24N2/c1-13-4-6-14(7-5-13)3-2-10-17-11-8-15(16)9-12-17/h4-7,15H,2-3,8-12,16H2,1H3. The van der Waals surface area contributed by atoms with E-state index in [2.05, 4.69) is 36.1 Å². The fraction of sp³-hybridized carbons (Fsp3) is 0.600. The summed E-state index contributed by atoms with van der Waals surface area (Å²) in [7, 11) is 0. The molecule has 0 amide bonds. The average Bonchev–Trinajstić information content (AvgIpc) is 2.34. The summed E-state index contributed by atoms with van der Waals surface area (Å²) < 4.78 is 0. The van der Waals surface area contributed by atoms with E-state index in [1.807, 2.05) is 0 Å². The molecule has 2 nitrogen and oxygen atoms in total. The largest absolute Gasteiger partial charge is 0.328 e. The molecule has 1 aromatic rings. The molecular formula is C15H24N2. The minimum Gasteiger partial charge on any atom is -0.328 e. The number of piperidine rings is 1. The Morgan fingerprint density at radius 1 is 1.18 bits per heavy atom. The van der Waals surface area contributed by atoms with E-state index in [-0.39, 0.29) is 0 Å². The molecule has 17 heavy (non-hydrogen) atoms. The highest BCUT2D eigenvalue weighted by Gasteiger charge is 2.14. The number of rotatable bonds is 4. The van der Waals surface area contributed by atoms with Gasteiger partial charge in [0.15, 0.2) is 0 Å². The number of benzene rings is 1. The Morgan fingerprint density at radius 3 is 2.47 bits per heavy atom. The summed E-state index contributed by atoms with van der Waals surface area (Å²) in [5.41, 5.74) is 8.71. The molecule has 94 valence electrons. The quantitative estimate of drug-likeness (QED) is 0.863. The summed E-state index contributed by atoms with van der Waals surface area (Å²) in [4.78, 5) is 2.55. The number of nitrogens with two attached hydrogens (primary N) is 1. The highest BCUT2D eigenvalue weighted by atomic mass is 15.1. The van der Waals surface area contributed by atoms with Crippen LogP contribution in [0, 0.1) is 6.92 Å². The van der Waals surface area contributed by atoms with Crippen LogP contribution in [0.1, 0.15) is 30.4 Å². The Hall–Kier alpha value is -0.860. The van der Waals surface area contributed by atoms with E-state index in [0.717, 1.165) is 0 Å². The van der Waals surface area contributed by atoms with Crippen molar-refractivity contribution in [2.24, 2.45) is 5.73 Å². The smallest absolute Gasteiger partial charge is 0.00631 e. The van der Waals surface area contributed by atoms with Gasteiger partial charge in [-0.1, -0.05) is 29.8 Å². The van der Waals surface area contributed by atoms with E-state index < -0.39 is 0 Å². The Kier molecular flexibility index (Phi) is 4.57. The van der Waals surface area contributed by atoms with E-state index in [1.54, 1.807) is 0 Å². The molecule has 1 heterocycles. The molecule has 0 atom stereocenters. The summed E-state index contributed by atoms with van der Waals surface area (Å²) >= 11 is 0. The van der Waals surface area contributed by atoms with Crippen LogP contribution in [0.25, 0.3) is 0 Å². The van der Waals surface area contributed by atoms with Crippen molar-refractivity contribution in [1.82, 2.24) is 4.90 Å². The van der Waals surface area contributed by atoms with Crippen molar-refractivity contribution in [2.45, 2.75) is 38.6 Å². The highest BCUT2D eigenvalue weighted by molar-refractivity contribution is 5.21. The SMILES string of the molecule is Cc1ccc(CCCN2CCC(N)CC2)cc1. The Bertz CT molecular complexity index is 323. The van der Waals surface area contributed by atoms with E-state index in [9.17, 15) is 0 Å². The van der Waals surface area contributed by atoms with Gasteiger partial charge in [-0.2, -0.15) is 0 Å². The Labute approximate surface area is 105 Å². The van der Waals surface area contributed by atoms with Gasteiger partial charge in [-0.25, -0.2) is 0 Å². The van der Waals surface area contributed by atoms with Gasteiger partial charge in [0.05, 0.1) is 0 Å². The van der Waals surface area contributed by atoms with Gasteiger partial charge < -0.3 is 10.6 Å². The maximum Gasteiger partial charge on any atom is 0.00631 e. The molecule has 1 fully saturated rings. The van der Waals surface area contributed by atoms with E-state index in [1.165, 1.54) is 56.4 Å². The van der Waals surface area contributed by atoms with Gasteiger partial charge in [0.25, 0.3) is 0 Å². The van der Waals surface area contributed by atoms with Crippen molar-refractivity contribution in [3.8, 4) is 0 Å². The summed E-state index contributed by atoms with van der Waals surface area (Å²) in [5, 5.41) is 0. The van der Waals surface area contributed by atoms with Crippen molar-refractivity contribution in [2.75, 3.05) is 19.6 Å². The van der Waals surface area contributed by atoms with Crippen LogP contribution >= 0.6 is 0 Å². The Balaban J connectivity index is 1.67. The second-order valence-electron chi connectivity index (χ2n) is 5.27. The normalized spacial score (nSPS) is 18.5. The van der Waals surface area contributed by atoms with Crippen LogP contribution in [-0.2, 0) is 6.42 Å². The van der Waals surface area contributed by atoms with Crippen LogP contribution < -0.4 is 5.73 Å². The molecule has 2 N–H and O–H groups in total. The monoisotopic (exact) mass is 232 g/mol. The first-order valence-electron chi connectivity index (χ1n) is 6.77. The lowest BCUT2D eigenvalue weighted by atomic mass is 10.0. The van der Waals surface area contributed by atoms with Gasteiger partial charge in [-0.3, -0.25) is 0 Å². The van der Waals surface area contributed by atoms with Crippen LogP contribution in [0.2, 0.25) is 0 Å². The van der Waals surface area contributed by atoms with Crippen molar-refractivity contribution in [3.63, 3.8) is 0 Å². The van der Waals surface area contributed by atoms with Gasteiger partial charge in [-0.15, -0.1) is 0 Å². The second kappa shape index (κ2) is 6.18. The maximum absolute atomic E-state index is 5.90. The van der Waals surface area contributed by atoms with Crippen LogP contribution in [0.4, 0.5) is 0 Å². The predicted molar refractivity (Wildman–Crippen MR) is 73.1 cm³/mol. The van der Waals surface area contributed by atoms with Crippen LogP contribution in [0.15, 0.2) is 24.3 Å². The van der Waals surface area contributed by atoms with Gasteiger partial charge in [0.1, 0.15) is 0 Å². The van der Waals surface area contributed by atoms with Gasteiger partial charge in [0.2, 0.25) is 0 Å². The first kappa shape index (κ1) is 12.6. The molecule has 0 spiro atoms. The number of hydrogen-bond donors (Lipinski definition) is 1. The number of nitrogens with zero attached hydrogens (tertiary/aromatic N) is 1. The lowest BCUT2D eigenvalue weighted by Gasteiger charge is -2.29. The van der Waals surface area contributed by atoms with Gasteiger partial charge in [-0.05, 0) is 57.8 Å². The zero-order valence-electron chi connectivity index (χ0n) is 10.9. The number of hydrogen-bond acceptors (Lipinski definition) is 2. The van der Waals surface area contributed by atoms with Crippen molar-refractivity contribution < 1.29 is 0 Å². The summed E-state index contributed by atoms with van der Waals surface area (Å²) in [6.07, 6.45) is 4.80. The molecule has 2 rings (SSSR count). The highest BCUT2D eigenvalue weighted by Crippen LogP contribution is 2.10. The van der Waals surface area contributed by atoms with Crippen LogP contribution in [0.3, 0.4) is 0 Å². The molecule has 0 aromatic heterocycles. The third-order valence-corrected chi connectivity index (χ3v) is 3.69. The van der Waals surface area contributed by atoms with Crippen molar-refractivity contribution in [3.05, 3.63) is 35.4 Å². The molecule has 1 saturated heterocycles. The second-order valence-corrected chi connectivity index (χ2v) is 5.27. The molecule has 1 aromatic carbocycles. The zero-order chi connectivity index (χ0) is 12.1. The number of likely N-dealkylation sites (tertiary alicyclic amines) is 1. The molecule has 1 aliphatic heterocycles. The third kappa shape index (κ3) is 4.14.